The number of halogens is 1. The predicted molar refractivity (Wildman–Crippen MR) is 155 cm³/mol. The number of hydrogen-bond donors (Lipinski definition) is 0. The maximum absolute atomic E-state index is 12.7. The number of nitrogens with zero attached hydrogens (tertiary/aromatic N) is 2. The number of thioether (sulfide) groups is 1. The van der Waals surface area contributed by atoms with E-state index < -0.39 is 5.97 Å². The summed E-state index contributed by atoms with van der Waals surface area (Å²) in [6.07, 6.45) is 1.38. The van der Waals surface area contributed by atoms with Crippen molar-refractivity contribution in [1.82, 2.24) is 9.88 Å². The summed E-state index contributed by atoms with van der Waals surface area (Å²) in [5.41, 5.74) is 4.29. The summed E-state index contributed by atoms with van der Waals surface area (Å²) in [5, 5.41) is 12.7. The van der Waals surface area contributed by atoms with Gasteiger partial charge in [-0.15, -0.1) is 0 Å². The Labute approximate surface area is 266 Å². The molecule has 0 N–H and O–H groups in total. The van der Waals surface area contributed by atoms with Gasteiger partial charge in [0.15, 0.2) is 0 Å². The molecule has 6 nitrogen and oxygen atoms in total. The first-order valence-electron chi connectivity index (χ1n) is 12.7. The maximum Gasteiger partial charge on any atom is 1.00 e. The number of rotatable bonds is 12. The predicted octanol–water partition coefficient (Wildman–Crippen LogP) is 2.72. The molecule has 0 aliphatic rings. The third-order valence-electron chi connectivity index (χ3n) is 6.28. The number of amides is 1. The van der Waals surface area contributed by atoms with Crippen molar-refractivity contribution in [1.29, 1.82) is 0 Å². The molecular weight excluding hydrogens is 555 g/mol. The van der Waals surface area contributed by atoms with Gasteiger partial charge < -0.3 is 19.5 Å². The number of aliphatic carboxylic acids is 1. The van der Waals surface area contributed by atoms with E-state index in [1.54, 1.807) is 30.8 Å². The average molecular weight is 585 g/mol. The van der Waals surface area contributed by atoms with Gasteiger partial charge in [0.2, 0.25) is 0 Å². The molecule has 1 aromatic heterocycles. The Morgan fingerprint density at radius 2 is 1.80 bits per heavy atom. The molecule has 0 saturated heterocycles. The van der Waals surface area contributed by atoms with Crippen LogP contribution in [0.1, 0.15) is 45.3 Å². The van der Waals surface area contributed by atoms with E-state index in [2.05, 4.69) is 4.98 Å². The minimum atomic E-state index is -1.07. The Hall–Kier alpha value is -2.55. The first kappa shape index (κ1) is 32.0. The van der Waals surface area contributed by atoms with Crippen LogP contribution in [0.2, 0.25) is 5.02 Å². The zero-order chi connectivity index (χ0) is 27.8. The van der Waals surface area contributed by atoms with Gasteiger partial charge in [-0.3, -0.25) is 4.79 Å². The van der Waals surface area contributed by atoms with Gasteiger partial charge in [0, 0.05) is 41.3 Å². The molecule has 40 heavy (non-hydrogen) atoms. The van der Waals surface area contributed by atoms with Crippen LogP contribution in [-0.2, 0) is 17.8 Å². The second-order valence-corrected chi connectivity index (χ2v) is 11.1. The third-order valence-corrected chi connectivity index (χ3v) is 7.87. The molecule has 202 valence electrons. The van der Waals surface area contributed by atoms with Crippen LogP contribution in [0.4, 0.5) is 0 Å². The summed E-state index contributed by atoms with van der Waals surface area (Å²) < 4.78 is 6.09. The molecule has 1 heterocycles. The first-order valence-corrected chi connectivity index (χ1v) is 14.1. The zero-order valence-corrected chi connectivity index (χ0v) is 26.5. The van der Waals surface area contributed by atoms with Crippen LogP contribution in [0, 0.1) is 0 Å². The molecule has 1 atom stereocenters. The van der Waals surface area contributed by atoms with Gasteiger partial charge in [0.1, 0.15) is 12.4 Å². The van der Waals surface area contributed by atoms with Crippen LogP contribution in [0.5, 0.6) is 5.75 Å². The van der Waals surface area contributed by atoms with Gasteiger partial charge in [0.25, 0.3) is 5.91 Å². The van der Waals surface area contributed by atoms with Crippen molar-refractivity contribution >= 4 is 46.1 Å². The van der Waals surface area contributed by atoms with E-state index in [9.17, 15) is 14.7 Å². The van der Waals surface area contributed by atoms with E-state index in [4.69, 9.17) is 16.3 Å². The number of hydrogen-bond acceptors (Lipinski definition) is 6. The summed E-state index contributed by atoms with van der Waals surface area (Å²) in [7, 11) is 3.48. The number of carbonyl (C=O) groups excluding carboxylic acids is 2. The van der Waals surface area contributed by atoms with Crippen molar-refractivity contribution in [2.45, 2.75) is 31.1 Å². The van der Waals surface area contributed by atoms with Crippen molar-refractivity contribution in [3.8, 4) is 5.75 Å². The van der Waals surface area contributed by atoms with Gasteiger partial charge in [-0.25, -0.2) is 4.98 Å². The van der Waals surface area contributed by atoms with E-state index in [-0.39, 0.29) is 47.1 Å². The fourth-order valence-electron chi connectivity index (χ4n) is 4.28. The van der Waals surface area contributed by atoms with E-state index >= 15 is 0 Å². The number of aryl methyl sites for hydroxylation is 1. The Balaban J connectivity index is 0.00000441. The average Bonchev–Trinajstić information content (AvgIpc) is 2.93. The molecule has 3 aromatic carbocycles. The monoisotopic (exact) mass is 584 g/mol. The van der Waals surface area contributed by atoms with E-state index in [1.165, 1.54) is 0 Å². The molecule has 0 spiro atoms. The van der Waals surface area contributed by atoms with Crippen LogP contribution < -0.4 is 39.4 Å². The minimum Gasteiger partial charge on any atom is -0.550 e. The van der Waals surface area contributed by atoms with E-state index in [0.717, 1.165) is 34.1 Å². The van der Waals surface area contributed by atoms with Gasteiger partial charge in [-0.05, 0) is 72.5 Å². The Kier molecular flexibility index (Phi) is 12.3. The van der Waals surface area contributed by atoms with E-state index in [1.807, 2.05) is 78.9 Å². The topological polar surface area (TPSA) is 82.6 Å². The SMILES string of the molecule is CN(C)C(=O)c1ccccc1CCC(SCCC(=O)[O-])c1cccc(OCc2ccc3ccc(Cl)cc3n2)c1.[Na+]. The second-order valence-electron chi connectivity index (χ2n) is 9.38. The fraction of sp³-hybridized carbons (Fsp3) is 0.258. The van der Waals surface area contributed by atoms with Gasteiger partial charge in [0.05, 0.1) is 11.2 Å². The van der Waals surface area contributed by atoms with Crippen LogP contribution in [0.15, 0.2) is 78.9 Å². The van der Waals surface area contributed by atoms with Crippen molar-refractivity contribution < 1.29 is 49.0 Å². The number of ether oxygens (including phenoxy) is 1. The number of carboxylic acid groups (broad SMARTS) is 1. The van der Waals surface area contributed by atoms with Crippen LogP contribution in [0.25, 0.3) is 10.9 Å². The number of carbonyl (C=O) groups is 2. The molecule has 1 unspecified atom stereocenters. The minimum absolute atomic E-state index is 0. The molecule has 0 saturated carbocycles. The molecule has 0 aliphatic heterocycles. The third kappa shape index (κ3) is 8.98. The Morgan fingerprint density at radius 3 is 2.58 bits per heavy atom. The van der Waals surface area contributed by atoms with Crippen LogP contribution >= 0.6 is 23.4 Å². The van der Waals surface area contributed by atoms with Crippen molar-refractivity contribution in [3.63, 3.8) is 0 Å². The Bertz CT molecular complexity index is 1470. The summed E-state index contributed by atoms with van der Waals surface area (Å²) in [6, 6.07) is 25.0. The van der Waals surface area contributed by atoms with Gasteiger partial charge in [-0.2, -0.15) is 11.8 Å². The van der Waals surface area contributed by atoms with Gasteiger partial charge in [-0.1, -0.05) is 54.1 Å². The summed E-state index contributed by atoms with van der Waals surface area (Å²) in [6.45, 7) is 0.300. The quantitative estimate of drug-likeness (QED) is 0.238. The maximum atomic E-state index is 12.7. The van der Waals surface area contributed by atoms with Crippen molar-refractivity contribution in [3.05, 3.63) is 106 Å². The fourth-order valence-corrected chi connectivity index (χ4v) is 5.64. The molecule has 0 radical (unpaired) electrons. The second kappa shape index (κ2) is 15.5. The number of pyridine rings is 1. The number of fused-ring (bicyclic) bond motifs is 1. The molecule has 0 aliphatic carbocycles. The van der Waals surface area contributed by atoms with Gasteiger partial charge >= 0.3 is 29.6 Å². The summed E-state index contributed by atoms with van der Waals surface area (Å²) >= 11 is 7.69. The standard InChI is InChI=1S/C31H31ClN2O4S.Na/c1-34(2)31(37)27-9-4-3-6-21(27)12-15-29(39-17-16-30(35)36)23-7-5-8-26(18-23)38-20-25-14-11-22-10-13-24(32)19-28(22)33-25;/h3-11,13-14,18-19,29H,12,15-17,20H2,1-2H3,(H,35,36);/q;+1/p-1. The molecule has 0 fully saturated rings. The molecule has 4 aromatic rings. The van der Waals surface area contributed by atoms with Crippen LogP contribution in [0.3, 0.4) is 0 Å². The van der Waals surface area contributed by atoms with Crippen molar-refractivity contribution in [2.24, 2.45) is 0 Å². The number of benzene rings is 3. The largest absolute Gasteiger partial charge is 1.00 e. The Morgan fingerprint density at radius 1 is 1.02 bits per heavy atom. The molecule has 1 amide bonds. The summed E-state index contributed by atoms with van der Waals surface area (Å²) in [4.78, 5) is 30.0. The molecular formula is C31H30ClN2NaO4S. The molecule has 9 heteroatoms. The zero-order valence-electron chi connectivity index (χ0n) is 22.9. The normalized spacial score (nSPS) is 11.5. The van der Waals surface area contributed by atoms with Crippen molar-refractivity contribution in [2.75, 3.05) is 19.8 Å². The number of aromatic nitrogens is 1. The van der Waals surface area contributed by atoms with E-state index in [0.29, 0.717) is 35.1 Å². The summed E-state index contributed by atoms with van der Waals surface area (Å²) in [5.74, 6) is 0.0326. The van der Waals surface area contributed by atoms with Crippen LogP contribution in [-0.4, -0.2) is 41.6 Å². The number of carboxylic acids is 1. The smallest absolute Gasteiger partial charge is 0.550 e. The molecule has 4 rings (SSSR count). The first-order chi connectivity index (χ1) is 18.8. The molecule has 0 bridgehead atoms.